The number of carbonyl (C=O) groups excluding carboxylic acids is 1. The van der Waals surface area contributed by atoms with Gasteiger partial charge >= 0.3 is 0 Å². The van der Waals surface area contributed by atoms with Crippen molar-refractivity contribution >= 4 is 28.9 Å². The van der Waals surface area contributed by atoms with E-state index in [1.54, 1.807) is 24.3 Å². The standard InChI is InChI=1S/C14H11ClF2N2O/c15-9-2-1-3-11(6-9)18-8-14(20)19-13-7-10(16)4-5-12(13)17/h1-7,18H,8H2,(H,19,20). The van der Waals surface area contributed by atoms with E-state index >= 15 is 0 Å². The summed E-state index contributed by atoms with van der Waals surface area (Å²) in [7, 11) is 0. The molecule has 104 valence electrons. The fourth-order valence-electron chi connectivity index (χ4n) is 1.57. The Morgan fingerprint density at radius 1 is 1.15 bits per heavy atom. The van der Waals surface area contributed by atoms with Crippen molar-refractivity contribution in [2.75, 3.05) is 17.2 Å². The van der Waals surface area contributed by atoms with Crippen molar-refractivity contribution in [1.29, 1.82) is 0 Å². The Morgan fingerprint density at radius 3 is 2.70 bits per heavy atom. The van der Waals surface area contributed by atoms with Crippen molar-refractivity contribution < 1.29 is 13.6 Å². The first-order valence-electron chi connectivity index (χ1n) is 5.79. The van der Waals surface area contributed by atoms with Gasteiger partial charge in [-0.1, -0.05) is 17.7 Å². The number of halogens is 3. The highest BCUT2D eigenvalue weighted by Gasteiger charge is 2.08. The quantitative estimate of drug-likeness (QED) is 0.904. The van der Waals surface area contributed by atoms with Crippen LogP contribution in [-0.4, -0.2) is 12.5 Å². The zero-order valence-electron chi connectivity index (χ0n) is 10.3. The highest BCUT2D eigenvalue weighted by molar-refractivity contribution is 6.30. The molecule has 0 aliphatic carbocycles. The molecule has 0 bridgehead atoms. The monoisotopic (exact) mass is 296 g/mol. The minimum Gasteiger partial charge on any atom is -0.376 e. The van der Waals surface area contributed by atoms with Crippen LogP contribution < -0.4 is 10.6 Å². The first-order valence-corrected chi connectivity index (χ1v) is 6.17. The Balaban J connectivity index is 1.94. The average molecular weight is 297 g/mol. The van der Waals surface area contributed by atoms with Gasteiger partial charge in [-0.25, -0.2) is 8.78 Å². The lowest BCUT2D eigenvalue weighted by Gasteiger charge is -2.08. The highest BCUT2D eigenvalue weighted by atomic mass is 35.5. The van der Waals surface area contributed by atoms with Gasteiger partial charge in [0.25, 0.3) is 0 Å². The molecule has 0 radical (unpaired) electrons. The van der Waals surface area contributed by atoms with Crippen LogP contribution in [0.25, 0.3) is 0 Å². The van der Waals surface area contributed by atoms with Crippen LogP contribution in [0.3, 0.4) is 0 Å². The van der Waals surface area contributed by atoms with Gasteiger partial charge in [-0.2, -0.15) is 0 Å². The van der Waals surface area contributed by atoms with Crippen LogP contribution in [0.5, 0.6) is 0 Å². The smallest absolute Gasteiger partial charge is 0.243 e. The minimum atomic E-state index is -0.692. The maximum absolute atomic E-state index is 13.3. The van der Waals surface area contributed by atoms with Gasteiger partial charge in [0.05, 0.1) is 12.2 Å². The number of nitrogens with one attached hydrogen (secondary N) is 2. The molecule has 0 saturated carbocycles. The first kappa shape index (κ1) is 14.3. The minimum absolute atomic E-state index is 0.0870. The summed E-state index contributed by atoms with van der Waals surface area (Å²) in [6.07, 6.45) is 0. The van der Waals surface area contributed by atoms with Crippen LogP contribution in [0.2, 0.25) is 5.02 Å². The molecule has 3 nitrogen and oxygen atoms in total. The molecule has 0 unspecified atom stereocenters. The molecule has 0 atom stereocenters. The molecule has 20 heavy (non-hydrogen) atoms. The number of benzene rings is 2. The maximum Gasteiger partial charge on any atom is 0.243 e. The molecule has 0 aliphatic rings. The molecule has 0 aromatic heterocycles. The highest BCUT2D eigenvalue weighted by Crippen LogP contribution is 2.16. The van der Waals surface area contributed by atoms with E-state index < -0.39 is 17.5 Å². The van der Waals surface area contributed by atoms with E-state index in [4.69, 9.17) is 11.6 Å². The Hall–Kier alpha value is -2.14. The molecule has 1 amide bonds. The Bertz CT molecular complexity index is 634. The van der Waals surface area contributed by atoms with Crippen molar-refractivity contribution in [3.8, 4) is 0 Å². The molecule has 0 spiro atoms. The van der Waals surface area contributed by atoms with Crippen LogP contribution in [-0.2, 0) is 4.79 Å². The second-order valence-corrected chi connectivity index (χ2v) is 4.47. The Morgan fingerprint density at radius 2 is 1.95 bits per heavy atom. The van der Waals surface area contributed by atoms with Crippen molar-refractivity contribution in [3.63, 3.8) is 0 Å². The SMILES string of the molecule is O=C(CNc1cccc(Cl)c1)Nc1cc(F)ccc1F. The largest absolute Gasteiger partial charge is 0.376 e. The predicted molar refractivity (Wildman–Crippen MR) is 74.9 cm³/mol. The number of anilines is 2. The van der Waals surface area contributed by atoms with Gasteiger partial charge in [-0.05, 0) is 30.3 Å². The van der Waals surface area contributed by atoms with E-state index in [0.717, 1.165) is 18.2 Å². The van der Waals surface area contributed by atoms with Crippen LogP contribution in [0.1, 0.15) is 0 Å². The van der Waals surface area contributed by atoms with E-state index in [9.17, 15) is 13.6 Å². The summed E-state index contributed by atoms with van der Waals surface area (Å²) in [6, 6.07) is 9.68. The number of rotatable bonds is 4. The molecule has 0 aliphatic heterocycles. The summed E-state index contributed by atoms with van der Waals surface area (Å²) in [4.78, 5) is 11.6. The van der Waals surface area contributed by atoms with Crippen molar-refractivity contribution in [1.82, 2.24) is 0 Å². The van der Waals surface area contributed by atoms with Crippen molar-refractivity contribution in [3.05, 3.63) is 59.1 Å². The fourth-order valence-corrected chi connectivity index (χ4v) is 1.76. The first-order chi connectivity index (χ1) is 9.54. The van der Waals surface area contributed by atoms with Gasteiger partial charge in [-0.3, -0.25) is 4.79 Å². The van der Waals surface area contributed by atoms with Crippen molar-refractivity contribution in [2.24, 2.45) is 0 Å². The molecule has 6 heteroatoms. The van der Waals surface area contributed by atoms with E-state index in [0.29, 0.717) is 10.7 Å². The van der Waals surface area contributed by atoms with Crippen LogP contribution in [0.4, 0.5) is 20.2 Å². The van der Waals surface area contributed by atoms with Crippen LogP contribution in [0.15, 0.2) is 42.5 Å². The van der Waals surface area contributed by atoms with Gasteiger partial charge in [0.2, 0.25) is 5.91 Å². The van der Waals surface area contributed by atoms with Gasteiger partial charge in [0, 0.05) is 16.8 Å². The molecule has 0 saturated heterocycles. The number of hydrogen-bond donors (Lipinski definition) is 2. The summed E-state index contributed by atoms with van der Waals surface area (Å²) in [6.45, 7) is -0.0870. The van der Waals surface area contributed by atoms with E-state index in [2.05, 4.69) is 10.6 Å². The summed E-state index contributed by atoms with van der Waals surface area (Å²) in [5.41, 5.74) is 0.468. The molecule has 2 aromatic rings. The fraction of sp³-hybridized carbons (Fsp3) is 0.0714. The third kappa shape index (κ3) is 3.93. The summed E-state index contributed by atoms with van der Waals surface area (Å²) < 4.78 is 26.3. The van der Waals surface area contributed by atoms with Crippen LogP contribution >= 0.6 is 11.6 Å². The Labute approximate surface area is 119 Å². The number of hydrogen-bond acceptors (Lipinski definition) is 2. The topological polar surface area (TPSA) is 41.1 Å². The average Bonchev–Trinajstić information content (AvgIpc) is 2.41. The molecule has 2 rings (SSSR count). The van der Waals surface area contributed by atoms with Gasteiger partial charge in [0.15, 0.2) is 0 Å². The van der Waals surface area contributed by atoms with Gasteiger partial charge in [-0.15, -0.1) is 0 Å². The molecule has 0 fully saturated rings. The molecular weight excluding hydrogens is 286 g/mol. The van der Waals surface area contributed by atoms with E-state index in [1.165, 1.54) is 0 Å². The second-order valence-electron chi connectivity index (χ2n) is 4.04. The lowest BCUT2D eigenvalue weighted by atomic mass is 10.3. The normalized spacial score (nSPS) is 10.2. The molecule has 0 heterocycles. The summed E-state index contributed by atoms with van der Waals surface area (Å²) >= 11 is 5.80. The van der Waals surface area contributed by atoms with E-state index in [1.807, 2.05) is 0 Å². The zero-order valence-corrected chi connectivity index (χ0v) is 11.0. The third-order valence-corrected chi connectivity index (χ3v) is 2.72. The number of carbonyl (C=O) groups is 1. The Kier molecular flexibility index (Phi) is 4.53. The van der Waals surface area contributed by atoms with Gasteiger partial charge < -0.3 is 10.6 Å². The zero-order chi connectivity index (χ0) is 14.5. The molecule has 2 aromatic carbocycles. The lowest BCUT2D eigenvalue weighted by Crippen LogP contribution is -2.22. The maximum atomic E-state index is 13.3. The van der Waals surface area contributed by atoms with Crippen molar-refractivity contribution in [2.45, 2.75) is 0 Å². The van der Waals surface area contributed by atoms with Gasteiger partial charge in [0.1, 0.15) is 11.6 Å². The molecular formula is C14H11ClF2N2O. The third-order valence-electron chi connectivity index (χ3n) is 2.48. The second kappa shape index (κ2) is 6.34. The van der Waals surface area contributed by atoms with E-state index in [-0.39, 0.29) is 12.2 Å². The number of amides is 1. The van der Waals surface area contributed by atoms with Crippen LogP contribution in [0, 0.1) is 11.6 Å². The lowest BCUT2D eigenvalue weighted by molar-refractivity contribution is -0.114. The summed E-state index contributed by atoms with van der Waals surface area (Å²) in [5.74, 6) is -1.80. The summed E-state index contributed by atoms with van der Waals surface area (Å²) in [5, 5.41) is 5.65. The molecule has 2 N–H and O–H groups in total. The predicted octanol–water partition coefficient (Wildman–Crippen LogP) is 3.67.